The molecule has 0 aromatic carbocycles. The third-order valence-electron chi connectivity index (χ3n) is 8.41. The molecule has 5 heteroatoms. The third kappa shape index (κ3) is 32.1. The Kier molecular flexibility index (Phi) is 33.8. The number of aliphatic hydroxyl groups excluding tert-OH is 3. The first-order valence-electron chi connectivity index (χ1n) is 19.0. The highest BCUT2D eigenvalue weighted by molar-refractivity contribution is 5.76. The van der Waals surface area contributed by atoms with Crippen LogP contribution in [0.1, 0.15) is 174 Å². The van der Waals surface area contributed by atoms with Crippen LogP contribution in [0.5, 0.6) is 0 Å². The molecule has 0 aliphatic rings. The summed E-state index contributed by atoms with van der Waals surface area (Å²) < 4.78 is 0. The Morgan fingerprint density at radius 3 is 1.64 bits per heavy atom. The Labute approximate surface area is 278 Å². The van der Waals surface area contributed by atoms with Crippen LogP contribution in [-0.2, 0) is 4.79 Å². The molecule has 0 spiro atoms. The number of carbonyl (C=O) groups excluding carboxylic acids is 1. The lowest BCUT2D eigenvalue weighted by molar-refractivity contribution is -0.123. The largest absolute Gasteiger partial charge is 0.394 e. The van der Waals surface area contributed by atoms with E-state index in [1.165, 1.54) is 116 Å². The minimum atomic E-state index is -0.911. The summed E-state index contributed by atoms with van der Waals surface area (Å²) in [5.74, 6) is -0.221. The standard InChI is InChI=1S/C40H73NO4/c1-3-5-7-9-11-13-15-17-18-20-22-24-26-28-30-34-39(44)38(36-42)41-40(45)35-31-33-37(43)32-29-27-25-23-21-19-16-14-12-10-8-6-4-2/h19,21,25,27,29-30,32,34,37-39,42-44H,3-18,20,22-24,26,28,31,33,35-36H2,1-2H3,(H,41,45)/b21-19+,27-25+,32-29+,34-30+/t37?,38-,39+/m0/s1. The van der Waals surface area contributed by atoms with Gasteiger partial charge in [-0.15, -0.1) is 0 Å². The van der Waals surface area contributed by atoms with E-state index in [4.69, 9.17) is 0 Å². The topological polar surface area (TPSA) is 89.8 Å². The first-order valence-corrected chi connectivity index (χ1v) is 19.0. The van der Waals surface area contributed by atoms with Gasteiger partial charge in [0.25, 0.3) is 0 Å². The van der Waals surface area contributed by atoms with E-state index in [0.717, 1.165) is 25.7 Å². The van der Waals surface area contributed by atoms with Crippen molar-refractivity contribution < 1.29 is 20.1 Å². The van der Waals surface area contributed by atoms with Gasteiger partial charge in [-0.05, 0) is 44.9 Å². The fourth-order valence-corrected chi connectivity index (χ4v) is 5.42. The minimum absolute atomic E-state index is 0.221. The molecule has 45 heavy (non-hydrogen) atoms. The van der Waals surface area contributed by atoms with Crippen LogP contribution >= 0.6 is 0 Å². The Hall–Kier alpha value is -1.69. The molecular weight excluding hydrogens is 558 g/mol. The highest BCUT2D eigenvalue weighted by Crippen LogP contribution is 2.13. The Bertz CT molecular complexity index is 745. The van der Waals surface area contributed by atoms with Gasteiger partial charge in [-0.1, -0.05) is 172 Å². The highest BCUT2D eigenvalue weighted by Gasteiger charge is 2.18. The van der Waals surface area contributed by atoms with E-state index in [1.54, 1.807) is 12.2 Å². The van der Waals surface area contributed by atoms with E-state index in [0.29, 0.717) is 12.8 Å². The molecule has 1 amide bonds. The Balaban J connectivity index is 3.85. The van der Waals surface area contributed by atoms with Crippen molar-refractivity contribution >= 4 is 5.91 Å². The van der Waals surface area contributed by atoms with Gasteiger partial charge in [0.05, 0.1) is 24.9 Å². The first kappa shape index (κ1) is 43.3. The molecule has 0 aromatic rings. The molecule has 0 saturated carbocycles. The van der Waals surface area contributed by atoms with Gasteiger partial charge in [-0.25, -0.2) is 0 Å². The first-order chi connectivity index (χ1) is 22.0. The van der Waals surface area contributed by atoms with Crippen LogP contribution < -0.4 is 5.32 Å². The van der Waals surface area contributed by atoms with Crippen molar-refractivity contribution in [1.82, 2.24) is 5.32 Å². The van der Waals surface area contributed by atoms with Crippen LogP contribution in [0.25, 0.3) is 0 Å². The number of allylic oxidation sites excluding steroid dienone is 6. The monoisotopic (exact) mass is 632 g/mol. The van der Waals surface area contributed by atoms with Gasteiger partial charge < -0.3 is 20.6 Å². The summed E-state index contributed by atoms with van der Waals surface area (Å²) >= 11 is 0. The lowest BCUT2D eigenvalue weighted by Crippen LogP contribution is -2.45. The van der Waals surface area contributed by atoms with Crippen LogP contribution in [0, 0.1) is 0 Å². The predicted molar refractivity (Wildman–Crippen MR) is 194 cm³/mol. The molecule has 262 valence electrons. The molecule has 0 rings (SSSR count). The molecule has 4 N–H and O–H groups in total. The number of rotatable bonds is 33. The van der Waals surface area contributed by atoms with Gasteiger partial charge in [-0.2, -0.15) is 0 Å². The molecule has 1 unspecified atom stereocenters. The summed E-state index contributed by atoms with van der Waals surface area (Å²) in [5, 5.41) is 33.0. The van der Waals surface area contributed by atoms with Crippen molar-refractivity contribution in [2.45, 2.75) is 193 Å². The maximum atomic E-state index is 12.3. The molecule has 0 bridgehead atoms. The van der Waals surface area contributed by atoms with Crippen molar-refractivity contribution in [2.75, 3.05) is 6.61 Å². The SMILES string of the molecule is CCCCCCCC/C=C/C/C=C/C=C/C(O)CCCC(=O)N[C@@H](CO)[C@H](O)/C=C/CCCCCCCCCCCCCCC. The Morgan fingerprint density at radius 2 is 1.11 bits per heavy atom. The van der Waals surface area contributed by atoms with Crippen molar-refractivity contribution in [3.05, 3.63) is 48.6 Å². The molecule has 0 heterocycles. The molecule has 0 aliphatic carbocycles. The molecule has 5 nitrogen and oxygen atoms in total. The van der Waals surface area contributed by atoms with E-state index in [9.17, 15) is 20.1 Å². The number of unbranched alkanes of at least 4 members (excludes halogenated alkanes) is 19. The summed E-state index contributed by atoms with van der Waals surface area (Å²) in [4.78, 5) is 12.3. The van der Waals surface area contributed by atoms with Gasteiger partial charge in [-0.3, -0.25) is 4.79 Å². The zero-order valence-corrected chi connectivity index (χ0v) is 29.5. The van der Waals surface area contributed by atoms with E-state index >= 15 is 0 Å². The molecular formula is C40H73NO4. The smallest absolute Gasteiger partial charge is 0.220 e. The molecule has 3 atom stereocenters. The maximum absolute atomic E-state index is 12.3. The third-order valence-corrected chi connectivity index (χ3v) is 8.41. The zero-order valence-electron chi connectivity index (χ0n) is 29.5. The highest BCUT2D eigenvalue weighted by atomic mass is 16.3. The Morgan fingerprint density at radius 1 is 0.600 bits per heavy atom. The molecule has 0 aliphatic heterocycles. The van der Waals surface area contributed by atoms with Crippen molar-refractivity contribution in [3.63, 3.8) is 0 Å². The summed E-state index contributed by atoms with van der Waals surface area (Å²) in [6.45, 7) is 4.19. The predicted octanol–water partition coefficient (Wildman–Crippen LogP) is 10.2. The van der Waals surface area contributed by atoms with E-state index < -0.39 is 18.2 Å². The number of carbonyl (C=O) groups is 1. The average Bonchev–Trinajstić information content (AvgIpc) is 3.03. The minimum Gasteiger partial charge on any atom is -0.394 e. The van der Waals surface area contributed by atoms with Gasteiger partial charge in [0, 0.05) is 6.42 Å². The zero-order chi connectivity index (χ0) is 33.1. The van der Waals surface area contributed by atoms with Crippen molar-refractivity contribution in [1.29, 1.82) is 0 Å². The second kappa shape index (κ2) is 35.2. The van der Waals surface area contributed by atoms with Gasteiger partial charge in [0.15, 0.2) is 0 Å². The van der Waals surface area contributed by atoms with Gasteiger partial charge >= 0.3 is 0 Å². The summed E-state index contributed by atoms with van der Waals surface area (Å²) in [5.41, 5.74) is 0. The van der Waals surface area contributed by atoms with Crippen LogP contribution in [0.3, 0.4) is 0 Å². The molecule has 0 fully saturated rings. The number of aliphatic hydroxyl groups is 3. The van der Waals surface area contributed by atoms with Crippen LogP contribution in [0.15, 0.2) is 48.6 Å². The van der Waals surface area contributed by atoms with Gasteiger partial charge in [0.2, 0.25) is 5.91 Å². The van der Waals surface area contributed by atoms with Crippen molar-refractivity contribution in [2.24, 2.45) is 0 Å². The molecule has 0 aromatic heterocycles. The molecule has 0 radical (unpaired) electrons. The van der Waals surface area contributed by atoms with Crippen molar-refractivity contribution in [3.8, 4) is 0 Å². The average molecular weight is 632 g/mol. The quantitative estimate of drug-likeness (QED) is 0.0330. The van der Waals surface area contributed by atoms with E-state index in [1.807, 2.05) is 18.2 Å². The van der Waals surface area contributed by atoms with Crippen LogP contribution in [0.4, 0.5) is 0 Å². The van der Waals surface area contributed by atoms with E-state index in [2.05, 4.69) is 37.4 Å². The summed E-state index contributed by atoms with van der Waals surface area (Å²) in [7, 11) is 0. The number of hydrogen-bond acceptors (Lipinski definition) is 4. The normalized spacial score (nSPS) is 14.3. The van der Waals surface area contributed by atoms with Crippen LogP contribution in [-0.4, -0.2) is 46.1 Å². The number of hydrogen-bond donors (Lipinski definition) is 4. The fourth-order valence-electron chi connectivity index (χ4n) is 5.42. The second-order valence-electron chi connectivity index (χ2n) is 12.8. The van der Waals surface area contributed by atoms with Gasteiger partial charge in [0.1, 0.15) is 0 Å². The number of nitrogens with one attached hydrogen (secondary N) is 1. The second-order valence-corrected chi connectivity index (χ2v) is 12.8. The number of amides is 1. The fraction of sp³-hybridized carbons (Fsp3) is 0.775. The summed E-state index contributed by atoms with van der Waals surface area (Å²) in [6.07, 6.45) is 43.6. The lowest BCUT2D eigenvalue weighted by Gasteiger charge is -2.20. The summed E-state index contributed by atoms with van der Waals surface area (Å²) in [6, 6.07) is -0.713. The molecule has 0 saturated heterocycles. The van der Waals surface area contributed by atoms with E-state index in [-0.39, 0.29) is 18.9 Å². The maximum Gasteiger partial charge on any atom is 0.220 e. The lowest BCUT2D eigenvalue weighted by atomic mass is 10.0. The van der Waals surface area contributed by atoms with Crippen LogP contribution in [0.2, 0.25) is 0 Å².